The van der Waals surface area contributed by atoms with Crippen molar-refractivity contribution in [3.63, 3.8) is 0 Å². The molecular weight excluding hydrogens is 274 g/mol. The summed E-state index contributed by atoms with van der Waals surface area (Å²) in [5.41, 5.74) is 2.83. The first-order valence-corrected chi connectivity index (χ1v) is 8.67. The molecule has 0 aliphatic heterocycles. The van der Waals surface area contributed by atoms with Gasteiger partial charge in [0.15, 0.2) is 0 Å². The Balaban J connectivity index is 1.87. The van der Waals surface area contributed by atoms with Crippen LogP contribution in [-0.4, -0.2) is 15.0 Å². The molecule has 2 rings (SSSR count). The summed E-state index contributed by atoms with van der Waals surface area (Å²) in [6, 6.07) is 6.63. The lowest BCUT2D eigenvalue weighted by atomic mass is 10.0. The Bertz CT molecular complexity index is 525. The molecule has 4 N–H and O–H groups in total. The zero-order chi connectivity index (χ0) is 14.4. The van der Waals surface area contributed by atoms with E-state index in [9.17, 15) is 8.42 Å². The maximum Gasteiger partial charge on any atom is 0.242 e. The van der Waals surface area contributed by atoms with E-state index in [2.05, 4.69) is 10.1 Å². The van der Waals surface area contributed by atoms with E-state index in [4.69, 9.17) is 5.84 Å². The second-order valence-corrected chi connectivity index (χ2v) is 7.07. The molecule has 1 aromatic carbocycles. The molecule has 0 spiro atoms. The maximum atomic E-state index is 12.2. The number of nitrogens with two attached hydrogens (primary N) is 1. The Hall–Kier alpha value is -1.11. The van der Waals surface area contributed by atoms with Crippen molar-refractivity contribution in [1.82, 2.24) is 4.72 Å². The Kier molecular flexibility index (Phi) is 5.39. The normalized spacial score (nSPS) is 16.4. The van der Waals surface area contributed by atoms with Crippen LogP contribution in [0.3, 0.4) is 0 Å². The summed E-state index contributed by atoms with van der Waals surface area (Å²) in [6.07, 6.45) is 7.25. The Labute approximate surface area is 121 Å². The minimum Gasteiger partial charge on any atom is -0.323 e. The number of nitrogens with one attached hydrogen (secondary N) is 2. The minimum absolute atomic E-state index is 0.198. The quantitative estimate of drug-likeness (QED) is 0.409. The van der Waals surface area contributed by atoms with Crippen LogP contribution in [0, 0.1) is 5.92 Å². The minimum atomic E-state index is -3.49. The summed E-state index contributed by atoms with van der Waals surface area (Å²) >= 11 is 0. The van der Waals surface area contributed by atoms with Gasteiger partial charge in [0.1, 0.15) is 4.90 Å². The van der Waals surface area contributed by atoms with Crippen molar-refractivity contribution in [1.29, 1.82) is 0 Å². The predicted molar refractivity (Wildman–Crippen MR) is 80.6 cm³/mol. The maximum absolute atomic E-state index is 12.2. The van der Waals surface area contributed by atoms with Gasteiger partial charge in [-0.3, -0.25) is 5.84 Å². The summed E-state index contributed by atoms with van der Waals surface area (Å²) in [5.74, 6) is 6.13. The van der Waals surface area contributed by atoms with Crippen LogP contribution in [0.4, 0.5) is 5.69 Å². The SMILES string of the molecule is NNc1ccccc1S(=O)(=O)NCCCC1CCCC1. The standard InChI is InChI=1S/C14H23N3O2S/c15-17-13-9-3-4-10-14(13)20(18,19)16-11-5-8-12-6-1-2-7-12/h3-4,9-10,12,16-17H,1-2,5-8,11,15H2. The monoisotopic (exact) mass is 297 g/mol. The third kappa shape index (κ3) is 3.94. The third-order valence-electron chi connectivity index (χ3n) is 3.89. The fourth-order valence-electron chi connectivity index (χ4n) is 2.79. The first-order valence-electron chi connectivity index (χ1n) is 7.19. The van der Waals surface area contributed by atoms with Gasteiger partial charge in [-0.05, 0) is 30.9 Å². The average molecular weight is 297 g/mol. The number of rotatable bonds is 7. The van der Waals surface area contributed by atoms with Crippen LogP contribution >= 0.6 is 0 Å². The first-order chi connectivity index (χ1) is 9.63. The number of sulfonamides is 1. The number of anilines is 1. The van der Waals surface area contributed by atoms with Crippen molar-refractivity contribution in [2.24, 2.45) is 11.8 Å². The van der Waals surface area contributed by atoms with Crippen molar-refractivity contribution in [3.8, 4) is 0 Å². The molecule has 0 saturated heterocycles. The molecule has 112 valence electrons. The second-order valence-electron chi connectivity index (χ2n) is 5.33. The van der Waals surface area contributed by atoms with Crippen LogP contribution in [0.25, 0.3) is 0 Å². The molecule has 0 atom stereocenters. The largest absolute Gasteiger partial charge is 0.323 e. The lowest BCUT2D eigenvalue weighted by Gasteiger charge is -2.12. The van der Waals surface area contributed by atoms with E-state index in [0.717, 1.165) is 18.8 Å². The van der Waals surface area contributed by atoms with E-state index in [1.54, 1.807) is 24.3 Å². The van der Waals surface area contributed by atoms with Gasteiger partial charge in [-0.2, -0.15) is 0 Å². The molecule has 5 nitrogen and oxygen atoms in total. The fraction of sp³-hybridized carbons (Fsp3) is 0.571. The van der Waals surface area contributed by atoms with Gasteiger partial charge in [-0.1, -0.05) is 37.8 Å². The van der Waals surface area contributed by atoms with Gasteiger partial charge in [0.2, 0.25) is 10.0 Å². The Morgan fingerprint density at radius 3 is 2.60 bits per heavy atom. The zero-order valence-electron chi connectivity index (χ0n) is 11.6. The molecular formula is C14H23N3O2S. The van der Waals surface area contributed by atoms with Gasteiger partial charge in [0.05, 0.1) is 5.69 Å². The molecule has 0 unspecified atom stereocenters. The van der Waals surface area contributed by atoms with Gasteiger partial charge in [-0.25, -0.2) is 13.1 Å². The number of hydrogen-bond acceptors (Lipinski definition) is 4. The number of para-hydroxylation sites is 1. The van der Waals surface area contributed by atoms with Gasteiger partial charge >= 0.3 is 0 Å². The van der Waals surface area contributed by atoms with Crippen LogP contribution < -0.4 is 16.0 Å². The van der Waals surface area contributed by atoms with Crippen molar-refractivity contribution >= 4 is 15.7 Å². The predicted octanol–water partition coefficient (Wildman–Crippen LogP) is 2.22. The van der Waals surface area contributed by atoms with E-state index in [-0.39, 0.29) is 4.90 Å². The highest BCUT2D eigenvalue weighted by atomic mass is 32.2. The van der Waals surface area contributed by atoms with E-state index in [1.807, 2.05) is 0 Å². The molecule has 1 aromatic rings. The molecule has 0 radical (unpaired) electrons. The molecule has 1 fully saturated rings. The summed E-state index contributed by atoms with van der Waals surface area (Å²) in [7, 11) is -3.49. The number of hydrazine groups is 1. The van der Waals surface area contributed by atoms with Gasteiger partial charge < -0.3 is 5.43 Å². The van der Waals surface area contributed by atoms with Crippen LogP contribution in [0.2, 0.25) is 0 Å². The van der Waals surface area contributed by atoms with Crippen LogP contribution in [0.1, 0.15) is 38.5 Å². The Morgan fingerprint density at radius 2 is 1.90 bits per heavy atom. The molecule has 0 heterocycles. The summed E-state index contributed by atoms with van der Waals surface area (Å²) in [5, 5.41) is 0. The van der Waals surface area contributed by atoms with Crippen molar-refractivity contribution < 1.29 is 8.42 Å². The van der Waals surface area contributed by atoms with Crippen molar-refractivity contribution in [3.05, 3.63) is 24.3 Å². The summed E-state index contributed by atoms with van der Waals surface area (Å²) in [6.45, 7) is 0.484. The van der Waals surface area contributed by atoms with E-state index >= 15 is 0 Å². The van der Waals surface area contributed by atoms with Crippen molar-refractivity contribution in [2.45, 2.75) is 43.4 Å². The van der Waals surface area contributed by atoms with Gasteiger partial charge in [-0.15, -0.1) is 0 Å². The molecule has 1 saturated carbocycles. The summed E-state index contributed by atoms with van der Waals surface area (Å²) in [4.78, 5) is 0.198. The smallest absolute Gasteiger partial charge is 0.242 e. The highest BCUT2D eigenvalue weighted by molar-refractivity contribution is 7.89. The molecule has 6 heteroatoms. The zero-order valence-corrected chi connectivity index (χ0v) is 12.5. The second kappa shape index (κ2) is 7.06. The lowest BCUT2D eigenvalue weighted by molar-refractivity contribution is 0.480. The average Bonchev–Trinajstić information content (AvgIpc) is 2.97. The molecule has 1 aliphatic carbocycles. The number of benzene rings is 1. The molecule has 0 aromatic heterocycles. The number of nitrogen functional groups attached to an aromatic ring is 1. The molecule has 20 heavy (non-hydrogen) atoms. The van der Waals surface area contributed by atoms with Crippen LogP contribution in [0.5, 0.6) is 0 Å². The topological polar surface area (TPSA) is 84.2 Å². The lowest BCUT2D eigenvalue weighted by Crippen LogP contribution is -2.26. The van der Waals surface area contributed by atoms with Crippen LogP contribution in [0.15, 0.2) is 29.2 Å². The first kappa shape index (κ1) is 15.3. The van der Waals surface area contributed by atoms with Crippen LogP contribution in [-0.2, 0) is 10.0 Å². The fourth-order valence-corrected chi connectivity index (χ4v) is 4.04. The Morgan fingerprint density at radius 1 is 1.20 bits per heavy atom. The molecule has 0 bridgehead atoms. The number of hydrogen-bond donors (Lipinski definition) is 3. The van der Waals surface area contributed by atoms with Crippen molar-refractivity contribution in [2.75, 3.05) is 12.0 Å². The molecule has 0 amide bonds. The molecule has 1 aliphatic rings. The highest BCUT2D eigenvalue weighted by Crippen LogP contribution is 2.28. The van der Waals surface area contributed by atoms with Gasteiger partial charge in [0.25, 0.3) is 0 Å². The van der Waals surface area contributed by atoms with E-state index in [1.165, 1.54) is 25.7 Å². The van der Waals surface area contributed by atoms with Gasteiger partial charge in [0, 0.05) is 6.54 Å². The highest BCUT2D eigenvalue weighted by Gasteiger charge is 2.18. The third-order valence-corrected chi connectivity index (χ3v) is 5.41. The van der Waals surface area contributed by atoms with E-state index < -0.39 is 10.0 Å². The van der Waals surface area contributed by atoms with E-state index in [0.29, 0.717) is 12.2 Å². The summed E-state index contributed by atoms with van der Waals surface area (Å²) < 4.78 is 27.1.